The number of esters is 1. The lowest BCUT2D eigenvalue weighted by molar-refractivity contribution is -0.145. The Morgan fingerprint density at radius 1 is 0.857 bits per heavy atom. The van der Waals surface area contributed by atoms with Gasteiger partial charge in [-0.1, -0.05) is 58.0 Å². The lowest BCUT2D eigenvalue weighted by Crippen LogP contribution is -2.57. The third-order valence-electron chi connectivity index (χ3n) is 5.05. The van der Waals surface area contributed by atoms with E-state index in [1.54, 1.807) is 34.6 Å². The number of amides is 3. The monoisotopic (exact) mass is 491 g/mol. The van der Waals surface area contributed by atoms with Crippen molar-refractivity contribution in [3.63, 3.8) is 0 Å². The Kier molecular flexibility index (Phi) is 11.7. The van der Waals surface area contributed by atoms with Crippen LogP contribution >= 0.6 is 0 Å². The highest BCUT2D eigenvalue weighted by molar-refractivity contribution is 5.93. The minimum absolute atomic E-state index is 0.0769. The van der Waals surface area contributed by atoms with E-state index in [2.05, 4.69) is 16.0 Å². The maximum Gasteiger partial charge on any atom is 0.408 e. The van der Waals surface area contributed by atoms with Crippen molar-refractivity contribution in [1.82, 2.24) is 16.0 Å². The van der Waals surface area contributed by atoms with Crippen molar-refractivity contribution < 1.29 is 28.7 Å². The van der Waals surface area contributed by atoms with Gasteiger partial charge in [-0.15, -0.1) is 0 Å². The predicted octanol–water partition coefficient (Wildman–Crippen LogP) is 2.97. The van der Waals surface area contributed by atoms with Gasteiger partial charge in [0.2, 0.25) is 11.8 Å². The van der Waals surface area contributed by atoms with E-state index in [1.165, 1.54) is 7.11 Å². The fourth-order valence-corrected chi connectivity index (χ4v) is 3.39. The Hall–Kier alpha value is -3.10. The molecule has 9 nitrogen and oxygen atoms in total. The maximum absolute atomic E-state index is 13.2. The van der Waals surface area contributed by atoms with E-state index in [0.717, 1.165) is 5.56 Å². The van der Waals surface area contributed by atoms with E-state index in [9.17, 15) is 19.2 Å². The Morgan fingerprint density at radius 3 is 1.91 bits per heavy atom. The molecule has 9 heteroatoms. The molecular formula is C26H41N3O6. The van der Waals surface area contributed by atoms with Gasteiger partial charge in [0, 0.05) is 6.42 Å². The summed E-state index contributed by atoms with van der Waals surface area (Å²) in [5, 5.41) is 8.07. The molecule has 0 fully saturated rings. The lowest BCUT2D eigenvalue weighted by Gasteiger charge is -2.28. The van der Waals surface area contributed by atoms with E-state index in [-0.39, 0.29) is 18.3 Å². The minimum Gasteiger partial charge on any atom is -0.467 e. The van der Waals surface area contributed by atoms with Crippen molar-refractivity contribution in [1.29, 1.82) is 0 Å². The van der Waals surface area contributed by atoms with Gasteiger partial charge in [-0.3, -0.25) is 9.59 Å². The summed E-state index contributed by atoms with van der Waals surface area (Å²) < 4.78 is 10.2. The van der Waals surface area contributed by atoms with Crippen LogP contribution in [0.2, 0.25) is 0 Å². The highest BCUT2D eigenvalue weighted by Gasteiger charge is 2.32. The Morgan fingerprint density at radius 2 is 1.43 bits per heavy atom. The summed E-state index contributed by atoms with van der Waals surface area (Å²) in [6.07, 6.45) is -0.130. The van der Waals surface area contributed by atoms with Gasteiger partial charge in [0.1, 0.15) is 23.7 Å². The van der Waals surface area contributed by atoms with E-state index >= 15 is 0 Å². The molecule has 0 unspecified atom stereocenters. The molecule has 3 atom stereocenters. The first-order valence-electron chi connectivity index (χ1n) is 12.0. The molecule has 0 aliphatic rings. The normalized spacial score (nSPS) is 14.0. The number of ether oxygens (including phenoxy) is 2. The number of rotatable bonds is 11. The number of alkyl carbamates (subject to hydrolysis) is 1. The van der Waals surface area contributed by atoms with Gasteiger partial charge in [0.05, 0.1) is 7.11 Å². The molecule has 0 bridgehead atoms. The predicted molar refractivity (Wildman–Crippen MR) is 133 cm³/mol. The van der Waals surface area contributed by atoms with Gasteiger partial charge in [-0.2, -0.15) is 0 Å². The average Bonchev–Trinajstić information content (AvgIpc) is 2.74. The molecule has 3 N–H and O–H groups in total. The van der Waals surface area contributed by atoms with Gasteiger partial charge < -0.3 is 25.4 Å². The molecule has 0 aliphatic heterocycles. The third kappa shape index (κ3) is 11.2. The van der Waals surface area contributed by atoms with Crippen LogP contribution in [-0.4, -0.2) is 54.7 Å². The first-order valence-corrected chi connectivity index (χ1v) is 12.0. The molecule has 0 saturated heterocycles. The lowest BCUT2D eigenvalue weighted by atomic mass is 9.99. The molecule has 1 aromatic carbocycles. The molecule has 0 aliphatic carbocycles. The molecule has 0 spiro atoms. The van der Waals surface area contributed by atoms with Crippen molar-refractivity contribution in [3.8, 4) is 0 Å². The molecule has 1 aromatic rings. The number of benzene rings is 1. The molecule has 35 heavy (non-hydrogen) atoms. The minimum atomic E-state index is -0.915. The zero-order valence-corrected chi connectivity index (χ0v) is 22.1. The van der Waals surface area contributed by atoms with Crippen LogP contribution in [0, 0.1) is 11.8 Å². The van der Waals surface area contributed by atoms with Crippen LogP contribution in [0.1, 0.15) is 60.5 Å². The van der Waals surface area contributed by atoms with E-state index < -0.39 is 47.6 Å². The summed E-state index contributed by atoms with van der Waals surface area (Å²) in [4.78, 5) is 50.9. The zero-order chi connectivity index (χ0) is 26.8. The second-order valence-electron chi connectivity index (χ2n) is 10.3. The summed E-state index contributed by atoms with van der Waals surface area (Å²) >= 11 is 0. The molecule has 3 amide bonds. The Bertz CT molecular complexity index is 848. The van der Waals surface area contributed by atoms with Crippen LogP contribution in [0.3, 0.4) is 0 Å². The van der Waals surface area contributed by atoms with Crippen LogP contribution in [0.25, 0.3) is 0 Å². The first-order chi connectivity index (χ1) is 16.2. The van der Waals surface area contributed by atoms with Gasteiger partial charge in [-0.25, -0.2) is 9.59 Å². The zero-order valence-electron chi connectivity index (χ0n) is 22.1. The molecule has 0 aromatic heterocycles. The van der Waals surface area contributed by atoms with Crippen molar-refractivity contribution in [2.24, 2.45) is 11.8 Å². The summed E-state index contributed by atoms with van der Waals surface area (Å²) in [5.74, 6) is -1.77. The van der Waals surface area contributed by atoms with Crippen molar-refractivity contribution in [2.45, 2.75) is 85.0 Å². The Labute approximate surface area is 208 Å². The van der Waals surface area contributed by atoms with Crippen molar-refractivity contribution >= 4 is 23.9 Å². The fourth-order valence-electron chi connectivity index (χ4n) is 3.39. The third-order valence-corrected chi connectivity index (χ3v) is 5.05. The Balaban J connectivity index is 3.01. The van der Waals surface area contributed by atoms with E-state index in [4.69, 9.17) is 9.47 Å². The molecule has 0 radical (unpaired) electrons. The second-order valence-corrected chi connectivity index (χ2v) is 10.3. The summed E-state index contributed by atoms with van der Waals surface area (Å²) in [6, 6.07) is 6.52. The SMILES string of the molecule is COC(=O)[C@H](Cc1ccccc1)NC(=O)[C@H](CC(C)C)NC(=O)[C@H](NC(=O)OC(C)(C)C)C(C)C. The van der Waals surface area contributed by atoms with E-state index in [1.807, 2.05) is 44.2 Å². The number of hydrogen-bond donors (Lipinski definition) is 3. The van der Waals surface area contributed by atoms with Gasteiger partial charge in [-0.05, 0) is 44.6 Å². The molecule has 196 valence electrons. The van der Waals surface area contributed by atoms with Crippen molar-refractivity contribution in [2.75, 3.05) is 7.11 Å². The molecular weight excluding hydrogens is 450 g/mol. The highest BCUT2D eigenvalue weighted by Crippen LogP contribution is 2.12. The molecule has 0 heterocycles. The van der Waals surface area contributed by atoms with Crippen molar-refractivity contribution in [3.05, 3.63) is 35.9 Å². The van der Waals surface area contributed by atoms with Gasteiger partial charge >= 0.3 is 12.1 Å². The van der Waals surface area contributed by atoms with Crippen LogP contribution in [0.4, 0.5) is 4.79 Å². The summed E-state index contributed by atoms with van der Waals surface area (Å²) in [6.45, 7) is 12.6. The molecule has 0 saturated carbocycles. The number of nitrogens with one attached hydrogen (secondary N) is 3. The van der Waals surface area contributed by atoms with Crippen LogP contribution < -0.4 is 16.0 Å². The van der Waals surface area contributed by atoms with E-state index in [0.29, 0.717) is 6.42 Å². The number of carbonyl (C=O) groups excluding carboxylic acids is 4. The van der Waals surface area contributed by atoms with Gasteiger partial charge in [0.25, 0.3) is 0 Å². The molecule has 1 rings (SSSR count). The number of hydrogen-bond acceptors (Lipinski definition) is 6. The maximum atomic E-state index is 13.2. The number of methoxy groups -OCH3 is 1. The summed E-state index contributed by atoms with van der Waals surface area (Å²) in [7, 11) is 1.26. The fraction of sp³-hybridized carbons (Fsp3) is 0.615. The standard InChI is InChI=1S/C26H41N3O6/c1-16(2)14-19(27-23(31)21(17(3)4)29-25(33)35-26(5,6)7)22(30)28-20(24(32)34-8)15-18-12-10-9-11-13-18/h9-13,16-17,19-21H,14-15H2,1-8H3,(H,27,31)(H,28,30)(H,29,33)/t19-,20-,21+/m0/s1. The smallest absolute Gasteiger partial charge is 0.408 e. The van der Waals surface area contributed by atoms with Gasteiger partial charge in [0.15, 0.2) is 0 Å². The van der Waals surface area contributed by atoms with Crippen LogP contribution in [-0.2, 0) is 30.3 Å². The number of carbonyl (C=O) groups is 4. The van der Waals surface area contributed by atoms with Crippen LogP contribution in [0.15, 0.2) is 30.3 Å². The second kappa shape index (κ2) is 13.7. The average molecular weight is 492 g/mol. The first kappa shape index (κ1) is 29.9. The van der Waals surface area contributed by atoms with Crippen LogP contribution in [0.5, 0.6) is 0 Å². The largest absolute Gasteiger partial charge is 0.467 e. The topological polar surface area (TPSA) is 123 Å². The summed E-state index contributed by atoms with van der Waals surface area (Å²) in [5.41, 5.74) is 0.137. The quantitative estimate of drug-likeness (QED) is 0.409. The highest BCUT2D eigenvalue weighted by atomic mass is 16.6.